The van der Waals surface area contributed by atoms with Crippen LogP contribution in [-0.2, 0) is 13.6 Å². The summed E-state index contributed by atoms with van der Waals surface area (Å²) in [4.78, 5) is 0. The van der Waals surface area contributed by atoms with Crippen LogP contribution in [0.4, 0.5) is 0 Å². The second-order valence-electron chi connectivity index (χ2n) is 2.94. The van der Waals surface area contributed by atoms with Gasteiger partial charge in [-0.2, -0.15) is 0 Å². The fourth-order valence-corrected chi connectivity index (χ4v) is 2.96. The van der Waals surface area contributed by atoms with Gasteiger partial charge in [0.05, 0.1) is 13.2 Å². The van der Waals surface area contributed by atoms with Crippen LogP contribution < -0.4 is 5.73 Å². The minimum Gasteiger partial charge on any atom is -0.315 e. The summed E-state index contributed by atoms with van der Waals surface area (Å²) >= 11 is 0. The molecule has 0 amide bonds. The quantitative estimate of drug-likeness (QED) is 0.675. The average molecular weight is 193 g/mol. The summed E-state index contributed by atoms with van der Waals surface area (Å²) in [5.41, 5.74) is 5.78. The van der Waals surface area contributed by atoms with E-state index < -0.39 is 12.9 Å². The van der Waals surface area contributed by atoms with Gasteiger partial charge in [-0.25, -0.2) is 0 Å². The molecule has 0 bridgehead atoms. The Balaban J connectivity index is 2.65. The van der Waals surface area contributed by atoms with E-state index in [1.54, 1.807) is 13.8 Å². The molecule has 1 rings (SSSR count). The lowest BCUT2D eigenvalue weighted by Crippen LogP contribution is -2.24. The summed E-state index contributed by atoms with van der Waals surface area (Å²) in [5, 5.41) is -0.682. The first kappa shape index (κ1) is 10.2. The van der Waals surface area contributed by atoms with Gasteiger partial charge in [-0.05, 0) is 26.7 Å². The Morgan fingerprint density at radius 1 is 1.33 bits per heavy atom. The van der Waals surface area contributed by atoms with Crippen molar-refractivity contribution in [2.45, 2.75) is 32.0 Å². The molecule has 0 heterocycles. The second-order valence-corrected chi connectivity index (χ2v) is 5.34. The highest BCUT2D eigenvalue weighted by molar-refractivity contribution is 7.56. The summed E-state index contributed by atoms with van der Waals surface area (Å²) in [5.74, 6) is 0. The minimum absolute atomic E-state index is 0.385. The molecule has 72 valence electrons. The first-order valence-electron chi connectivity index (χ1n) is 4.26. The molecule has 1 fully saturated rings. The summed E-state index contributed by atoms with van der Waals surface area (Å²) in [6.07, 6.45) is 1.48. The fraction of sp³-hybridized carbons (Fsp3) is 1.00. The monoisotopic (exact) mass is 193 g/mol. The molecule has 0 spiro atoms. The van der Waals surface area contributed by atoms with Gasteiger partial charge in [0.2, 0.25) is 0 Å². The van der Waals surface area contributed by atoms with Crippen LogP contribution in [0.5, 0.6) is 0 Å². The summed E-state index contributed by atoms with van der Waals surface area (Å²) < 4.78 is 22.1. The van der Waals surface area contributed by atoms with Crippen LogP contribution in [0.1, 0.15) is 26.7 Å². The van der Waals surface area contributed by atoms with Crippen molar-refractivity contribution in [3.8, 4) is 0 Å². The molecule has 0 aromatic carbocycles. The molecule has 0 aliphatic heterocycles. The van der Waals surface area contributed by atoms with Crippen molar-refractivity contribution < 1.29 is 13.6 Å². The maximum atomic E-state index is 11.9. The lowest BCUT2D eigenvalue weighted by molar-refractivity contribution is 0.210. The predicted molar refractivity (Wildman–Crippen MR) is 47.0 cm³/mol. The van der Waals surface area contributed by atoms with Crippen LogP contribution in [0.2, 0.25) is 0 Å². The van der Waals surface area contributed by atoms with E-state index in [2.05, 4.69) is 0 Å². The molecule has 1 saturated carbocycles. The van der Waals surface area contributed by atoms with Gasteiger partial charge in [-0.1, -0.05) is 0 Å². The zero-order valence-corrected chi connectivity index (χ0v) is 8.47. The highest BCUT2D eigenvalue weighted by atomic mass is 31.2. The molecule has 0 aromatic heterocycles. The van der Waals surface area contributed by atoms with E-state index in [0.717, 1.165) is 12.8 Å². The molecular formula is C7H16NO3P. The number of nitrogens with two attached hydrogens (primary N) is 1. The maximum absolute atomic E-state index is 11.9. The Labute approximate surface area is 73.0 Å². The Morgan fingerprint density at radius 3 is 2.00 bits per heavy atom. The second kappa shape index (κ2) is 3.46. The van der Waals surface area contributed by atoms with Crippen LogP contribution >= 0.6 is 7.60 Å². The highest BCUT2D eigenvalue weighted by Crippen LogP contribution is 2.67. The molecule has 12 heavy (non-hydrogen) atoms. The van der Waals surface area contributed by atoms with E-state index >= 15 is 0 Å². The van der Waals surface area contributed by atoms with Gasteiger partial charge in [-0.3, -0.25) is 4.57 Å². The summed E-state index contributed by atoms with van der Waals surface area (Å²) in [7, 11) is -3.01. The van der Waals surface area contributed by atoms with Gasteiger partial charge >= 0.3 is 7.60 Å². The van der Waals surface area contributed by atoms with Gasteiger partial charge in [0.15, 0.2) is 0 Å². The van der Waals surface area contributed by atoms with Gasteiger partial charge in [0, 0.05) is 0 Å². The van der Waals surface area contributed by atoms with Crippen molar-refractivity contribution in [2.24, 2.45) is 5.73 Å². The van der Waals surface area contributed by atoms with E-state index in [1.165, 1.54) is 0 Å². The maximum Gasteiger partial charge on any atom is 0.350 e. The van der Waals surface area contributed by atoms with Crippen molar-refractivity contribution >= 4 is 7.60 Å². The standard InChI is InChI=1S/C7H16NO3P/c1-3-10-12(9,11-4-2)7(8)5-6-7/h3-6,8H2,1-2H3. The lowest BCUT2D eigenvalue weighted by Gasteiger charge is -2.22. The van der Waals surface area contributed by atoms with Crippen LogP contribution in [0.3, 0.4) is 0 Å². The fourth-order valence-electron chi connectivity index (χ4n) is 1.04. The Hall–Kier alpha value is 0.110. The van der Waals surface area contributed by atoms with Crippen molar-refractivity contribution in [2.75, 3.05) is 13.2 Å². The minimum atomic E-state index is -3.01. The summed E-state index contributed by atoms with van der Waals surface area (Å²) in [6, 6.07) is 0. The van der Waals surface area contributed by atoms with Gasteiger partial charge in [0.1, 0.15) is 5.28 Å². The highest BCUT2D eigenvalue weighted by Gasteiger charge is 2.57. The molecule has 1 aliphatic rings. The van der Waals surface area contributed by atoms with Crippen LogP contribution in [0, 0.1) is 0 Å². The van der Waals surface area contributed by atoms with Gasteiger partial charge in [-0.15, -0.1) is 0 Å². The zero-order valence-electron chi connectivity index (χ0n) is 7.58. The average Bonchev–Trinajstić information content (AvgIpc) is 2.70. The third kappa shape index (κ3) is 1.72. The molecule has 5 heteroatoms. The third-order valence-electron chi connectivity index (χ3n) is 1.91. The Kier molecular flexibility index (Phi) is 2.94. The zero-order chi connectivity index (χ0) is 9.24. The molecule has 0 radical (unpaired) electrons. The van der Waals surface area contributed by atoms with E-state index in [1.807, 2.05) is 0 Å². The van der Waals surface area contributed by atoms with Crippen molar-refractivity contribution in [1.29, 1.82) is 0 Å². The van der Waals surface area contributed by atoms with Gasteiger partial charge in [0.25, 0.3) is 0 Å². The van der Waals surface area contributed by atoms with E-state index in [4.69, 9.17) is 14.8 Å². The molecule has 0 atom stereocenters. The van der Waals surface area contributed by atoms with Gasteiger partial charge < -0.3 is 14.8 Å². The van der Waals surface area contributed by atoms with Crippen molar-refractivity contribution in [3.63, 3.8) is 0 Å². The lowest BCUT2D eigenvalue weighted by atomic mass is 10.8. The van der Waals surface area contributed by atoms with Crippen LogP contribution in [0.25, 0.3) is 0 Å². The SMILES string of the molecule is CCOP(=O)(OCC)C1(N)CC1. The molecule has 1 aliphatic carbocycles. The van der Waals surface area contributed by atoms with E-state index in [-0.39, 0.29) is 0 Å². The van der Waals surface area contributed by atoms with E-state index in [0.29, 0.717) is 13.2 Å². The smallest absolute Gasteiger partial charge is 0.315 e. The molecular weight excluding hydrogens is 177 g/mol. The molecule has 0 saturated heterocycles. The Morgan fingerprint density at radius 2 is 1.75 bits per heavy atom. The first-order valence-corrected chi connectivity index (χ1v) is 5.80. The first-order chi connectivity index (χ1) is 5.58. The van der Waals surface area contributed by atoms with Crippen molar-refractivity contribution in [3.05, 3.63) is 0 Å². The predicted octanol–water partition coefficient (Wildman–Crippen LogP) is 1.70. The number of hydrogen-bond acceptors (Lipinski definition) is 4. The molecule has 4 nitrogen and oxygen atoms in total. The molecule has 0 aromatic rings. The van der Waals surface area contributed by atoms with Crippen molar-refractivity contribution in [1.82, 2.24) is 0 Å². The largest absolute Gasteiger partial charge is 0.350 e. The topological polar surface area (TPSA) is 61.5 Å². The van der Waals surface area contributed by atoms with Crippen LogP contribution in [-0.4, -0.2) is 18.5 Å². The Bertz CT molecular complexity index is 193. The normalized spacial score (nSPS) is 20.9. The summed E-state index contributed by atoms with van der Waals surface area (Å²) in [6.45, 7) is 4.35. The molecule has 2 N–H and O–H groups in total. The van der Waals surface area contributed by atoms with Crippen LogP contribution in [0.15, 0.2) is 0 Å². The number of hydrogen-bond donors (Lipinski definition) is 1. The number of rotatable bonds is 5. The molecule has 0 unspecified atom stereocenters. The third-order valence-corrected chi connectivity index (χ3v) is 4.64. The van der Waals surface area contributed by atoms with E-state index in [9.17, 15) is 4.57 Å².